The molecule has 2 aromatic carbocycles. The standard InChI is InChI=1S/C24H20F2N6O/c1-13-11-32(12-28-13)19-10-8-17(29-24(19)33-3)14-7-9-18-22(21(14)27)30-23(31(18)2)15-5-4-6-16(25)20(15)26/h4-12H,27H2,1-3H3. The van der Waals surface area contributed by atoms with Crippen LogP contribution in [0.5, 0.6) is 5.88 Å². The summed E-state index contributed by atoms with van der Waals surface area (Å²) in [5, 5.41) is 0. The van der Waals surface area contributed by atoms with E-state index >= 15 is 0 Å². The van der Waals surface area contributed by atoms with Crippen molar-refractivity contribution in [1.29, 1.82) is 0 Å². The van der Waals surface area contributed by atoms with E-state index in [4.69, 9.17) is 10.5 Å². The fourth-order valence-corrected chi connectivity index (χ4v) is 3.90. The topological polar surface area (TPSA) is 83.8 Å². The van der Waals surface area contributed by atoms with Crippen molar-refractivity contribution in [2.75, 3.05) is 12.8 Å². The zero-order chi connectivity index (χ0) is 23.3. The summed E-state index contributed by atoms with van der Waals surface area (Å²) in [7, 11) is 3.28. The van der Waals surface area contributed by atoms with Gasteiger partial charge in [-0.3, -0.25) is 0 Å². The Morgan fingerprint density at radius 3 is 2.55 bits per heavy atom. The highest BCUT2D eigenvalue weighted by molar-refractivity contribution is 5.97. The van der Waals surface area contributed by atoms with Gasteiger partial charge < -0.3 is 19.6 Å². The molecule has 0 aliphatic heterocycles. The number of hydrogen-bond acceptors (Lipinski definition) is 5. The number of methoxy groups -OCH3 is 1. The van der Waals surface area contributed by atoms with Crippen molar-refractivity contribution < 1.29 is 13.5 Å². The number of ether oxygens (including phenoxy) is 1. The van der Waals surface area contributed by atoms with Crippen LogP contribution in [0, 0.1) is 18.6 Å². The van der Waals surface area contributed by atoms with Crippen LogP contribution in [0.3, 0.4) is 0 Å². The Bertz CT molecular complexity index is 1520. The van der Waals surface area contributed by atoms with Gasteiger partial charge in [0.2, 0.25) is 5.88 Å². The maximum absolute atomic E-state index is 14.4. The lowest BCUT2D eigenvalue weighted by molar-refractivity contribution is 0.396. The summed E-state index contributed by atoms with van der Waals surface area (Å²) in [6.07, 6.45) is 3.57. The molecule has 0 fully saturated rings. The summed E-state index contributed by atoms with van der Waals surface area (Å²) in [6, 6.07) is 11.4. The monoisotopic (exact) mass is 446 g/mol. The van der Waals surface area contributed by atoms with Gasteiger partial charge in [0.25, 0.3) is 0 Å². The molecular weight excluding hydrogens is 426 g/mol. The van der Waals surface area contributed by atoms with E-state index in [2.05, 4.69) is 15.0 Å². The molecule has 2 N–H and O–H groups in total. The average Bonchev–Trinajstić information content (AvgIpc) is 3.39. The Labute approximate surface area is 188 Å². The number of rotatable bonds is 4. The second kappa shape index (κ2) is 7.70. The molecule has 3 heterocycles. The molecule has 0 spiro atoms. The molecular formula is C24H20F2N6O. The van der Waals surface area contributed by atoms with Crippen molar-refractivity contribution in [2.45, 2.75) is 6.92 Å². The van der Waals surface area contributed by atoms with E-state index in [-0.39, 0.29) is 11.4 Å². The van der Waals surface area contributed by atoms with Crippen LogP contribution in [-0.2, 0) is 7.05 Å². The van der Waals surface area contributed by atoms with Crippen molar-refractivity contribution in [3.8, 4) is 34.2 Å². The minimum absolute atomic E-state index is 0.0643. The number of benzene rings is 2. The number of nitrogen functional groups attached to an aromatic ring is 1. The van der Waals surface area contributed by atoms with Gasteiger partial charge in [0, 0.05) is 18.8 Å². The molecule has 0 aliphatic rings. The molecule has 5 rings (SSSR count). The number of fused-ring (bicyclic) bond motifs is 1. The number of aryl methyl sites for hydroxylation is 2. The quantitative estimate of drug-likeness (QED) is 0.406. The van der Waals surface area contributed by atoms with Gasteiger partial charge >= 0.3 is 0 Å². The smallest absolute Gasteiger partial charge is 0.238 e. The van der Waals surface area contributed by atoms with Crippen molar-refractivity contribution in [3.63, 3.8) is 0 Å². The van der Waals surface area contributed by atoms with Gasteiger partial charge in [-0.15, -0.1) is 0 Å². The summed E-state index contributed by atoms with van der Waals surface area (Å²) in [5.74, 6) is -1.20. The molecule has 0 unspecified atom stereocenters. The van der Waals surface area contributed by atoms with E-state index in [0.717, 1.165) is 17.4 Å². The van der Waals surface area contributed by atoms with Crippen LogP contribution in [-0.4, -0.2) is 31.2 Å². The van der Waals surface area contributed by atoms with Crippen molar-refractivity contribution >= 4 is 16.7 Å². The first kappa shape index (κ1) is 20.6. The normalized spacial score (nSPS) is 11.3. The first-order chi connectivity index (χ1) is 15.9. The van der Waals surface area contributed by atoms with E-state index in [9.17, 15) is 8.78 Å². The molecule has 3 aromatic heterocycles. The molecule has 0 saturated carbocycles. The highest BCUT2D eigenvalue weighted by atomic mass is 19.2. The van der Waals surface area contributed by atoms with Gasteiger partial charge in [0.15, 0.2) is 11.6 Å². The number of pyridine rings is 1. The molecule has 0 bridgehead atoms. The van der Waals surface area contributed by atoms with E-state index in [1.54, 1.807) is 25.1 Å². The molecule has 0 amide bonds. The van der Waals surface area contributed by atoms with E-state index in [0.29, 0.717) is 33.9 Å². The van der Waals surface area contributed by atoms with Gasteiger partial charge in [-0.05, 0) is 43.3 Å². The van der Waals surface area contributed by atoms with Crippen molar-refractivity contribution in [3.05, 3.63) is 72.3 Å². The zero-order valence-electron chi connectivity index (χ0n) is 18.2. The largest absolute Gasteiger partial charge is 0.479 e. The summed E-state index contributed by atoms with van der Waals surface area (Å²) in [5.41, 5.74) is 10.9. The molecule has 9 heteroatoms. The first-order valence-electron chi connectivity index (χ1n) is 10.1. The Morgan fingerprint density at radius 2 is 1.82 bits per heavy atom. The van der Waals surface area contributed by atoms with Crippen LogP contribution in [0.15, 0.2) is 55.0 Å². The molecule has 0 atom stereocenters. The lowest BCUT2D eigenvalue weighted by Gasteiger charge is -2.12. The van der Waals surface area contributed by atoms with Crippen LogP contribution < -0.4 is 10.5 Å². The lowest BCUT2D eigenvalue weighted by atomic mass is 10.1. The Hall–Kier alpha value is -4.27. The molecule has 0 saturated heterocycles. The third-order valence-electron chi connectivity index (χ3n) is 5.58. The van der Waals surface area contributed by atoms with E-state index < -0.39 is 11.6 Å². The van der Waals surface area contributed by atoms with Crippen molar-refractivity contribution in [2.24, 2.45) is 7.05 Å². The number of nitrogens with zero attached hydrogens (tertiary/aromatic N) is 5. The summed E-state index contributed by atoms with van der Waals surface area (Å²) in [4.78, 5) is 13.4. The number of aromatic nitrogens is 5. The van der Waals surface area contributed by atoms with Crippen LogP contribution in [0.1, 0.15) is 5.69 Å². The number of halogens is 2. The molecule has 5 aromatic rings. The molecule has 33 heavy (non-hydrogen) atoms. The Balaban J connectivity index is 1.64. The minimum atomic E-state index is -0.952. The third-order valence-corrected chi connectivity index (χ3v) is 5.58. The van der Waals surface area contributed by atoms with Gasteiger partial charge in [0.1, 0.15) is 17.0 Å². The minimum Gasteiger partial charge on any atom is -0.479 e. The lowest BCUT2D eigenvalue weighted by Crippen LogP contribution is -2.00. The molecule has 0 aliphatic carbocycles. The molecule has 0 radical (unpaired) electrons. The second-order valence-electron chi connectivity index (χ2n) is 7.64. The van der Waals surface area contributed by atoms with Crippen molar-refractivity contribution in [1.82, 2.24) is 24.1 Å². The van der Waals surface area contributed by atoms with Gasteiger partial charge in [-0.25, -0.2) is 23.7 Å². The number of imidazole rings is 2. The fourth-order valence-electron chi connectivity index (χ4n) is 3.90. The third kappa shape index (κ3) is 3.29. The number of nitrogens with two attached hydrogens (primary N) is 1. The maximum atomic E-state index is 14.4. The second-order valence-corrected chi connectivity index (χ2v) is 7.64. The van der Waals surface area contributed by atoms with Crippen LogP contribution in [0.4, 0.5) is 14.5 Å². The predicted molar refractivity (Wildman–Crippen MR) is 122 cm³/mol. The molecule has 7 nitrogen and oxygen atoms in total. The highest BCUT2D eigenvalue weighted by Crippen LogP contribution is 2.36. The summed E-state index contributed by atoms with van der Waals surface area (Å²) in [6.45, 7) is 1.90. The Kier molecular flexibility index (Phi) is 4.81. The van der Waals surface area contributed by atoms with E-state index in [1.165, 1.54) is 12.1 Å². The maximum Gasteiger partial charge on any atom is 0.238 e. The number of anilines is 1. The SMILES string of the molecule is COc1nc(-c2ccc3c(nc(-c4cccc(F)c4F)n3C)c2N)ccc1-n1cnc(C)c1. The van der Waals surface area contributed by atoms with E-state index in [1.807, 2.05) is 42.0 Å². The van der Waals surface area contributed by atoms with Crippen LogP contribution in [0.2, 0.25) is 0 Å². The van der Waals surface area contributed by atoms with Gasteiger partial charge in [0.05, 0.1) is 41.6 Å². The Morgan fingerprint density at radius 1 is 1.00 bits per heavy atom. The number of hydrogen-bond donors (Lipinski definition) is 1. The summed E-state index contributed by atoms with van der Waals surface area (Å²) >= 11 is 0. The average molecular weight is 446 g/mol. The zero-order valence-corrected chi connectivity index (χ0v) is 18.2. The van der Waals surface area contributed by atoms with Crippen LogP contribution in [0.25, 0.3) is 39.4 Å². The summed E-state index contributed by atoms with van der Waals surface area (Å²) < 4.78 is 37.2. The predicted octanol–water partition coefficient (Wildman–Crippen LogP) is 4.67. The fraction of sp³-hybridized carbons (Fsp3) is 0.125. The molecule has 166 valence electrons. The first-order valence-corrected chi connectivity index (χ1v) is 10.1. The highest BCUT2D eigenvalue weighted by Gasteiger charge is 2.20. The van der Waals surface area contributed by atoms with Gasteiger partial charge in [-0.1, -0.05) is 6.07 Å². The van der Waals surface area contributed by atoms with Crippen LogP contribution >= 0.6 is 0 Å². The van der Waals surface area contributed by atoms with Gasteiger partial charge in [-0.2, -0.15) is 0 Å².